The fourth-order valence-electron chi connectivity index (χ4n) is 6.28. The first-order valence-corrected chi connectivity index (χ1v) is 21.5. The summed E-state index contributed by atoms with van der Waals surface area (Å²) in [5.41, 5.74) is -2.99. The van der Waals surface area contributed by atoms with Gasteiger partial charge >= 0.3 is 20.1 Å². The van der Waals surface area contributed by atoms with E-state index in [1.54, 1.807) is 19.0 Å². The van der Waals surface area contributed by atoms with Gasteiger partial charge in [-0.1, -0.05) is 12.1 Å². The zero-order chi connectivity index (χ0) is 51.2. The summed E-state index contributed by atoms with van der Waals surface area (Å²) in [5.74, 6) is -1.53. The van der Waals surface area contributed by atoms with Gasteiger partial charge in [-0.3, -0.25) is 9.69 Å². The standard InChI is InChI=1S/C24H23F7N3O6P.2C7H17NO5/c1-13(15-8-16(23(26,27)28)10-17(9-15)24(29,30)31)40-22-21(14-2-4-18(25)5-3-14)33(6-7-39-22)12-19-11-20(35)34(32-19)41(36,37)38;2*1-8-2-4(10)6(12)7(13)5(11)3-9/h2-5,8-10,13,21-22H,6-7,11-12H2,1H3,(H2,36,37,38);2*4-13H,2-3H2,1H3/t13-,21+,22-;2*4-,5+,6+,7+/m100/s1. The molecule has 0 bridgehead atoms. The molecule has 2 aromatic rings. The highest BCUT2D eigenvalue weighted by Gasteiger charge is 2.42. The third-order valence-corrected chi connectivity index (χ3v) is 10.7. The minimum Gasteiger partial charge on any atom is -0.394 e. The predicted molar refractivity (Wildman–Crippen MR) is 217 cm³/mol. The number of hydrogen-bond acceptors (Lipinski definition) is 18. The van der Waals surface area contributed by atoms with Gasteiger partial charge in [0.1, 0.15) is 42.4 Å². The van der Waals surface area contributed by atoms with Crippen molar-refractivity contribution in [2.24, 2.45) is 5.10 Å². The molecule has 4 rings (SSSR count). The van der Waals surface area contributed by atoms with Gasteiger partial charge in [-0.05, 0) is 62.5 Å². The molecule has 2 aromatic carbocycles. The molecule has 67 heavy (non-hydrogen) atoms. The largest absolute Gasteiger partial charge is 0.452 e. The van der Waals surface area contributed by atoms with Gasteiger partial charge in [0.05, 0.1) is 67.4 Å². The summed E-state index contributed by atoms with van der Waals surface area (Å²) < 4.78 is 117. The number of aliphatic hydroxyl groups excluding tert-OH is 10. The molecule has 384 valence electrons. The van der Waals surface area contributed by atoms with Crippen LogP contribution in [0.5, 0.6) is 0 Å². The molecule has 14 N–H and O–H groups in total. The molecule has 0 radical (unpaired) electrons. The number of hydrazone groups is 1. The molecule has 29 heteroatoms. The van der Waals surface area contributed by atoms with E-state index in [0.29, 0.717) is 17.7 Å². The van der Waals surface area contributed by atoms with E-state index >= 15 is 0 Å². The van der Waals surface area contributed by atoms with Crippen molar-refractivity contribution < 1.29 is 110 Å². The number of ether oxygens (including phenoxy) is 2. The summed E-state index contributed by atoms with van der Waals surface area (Å²) in [6.07, 6.45) is -24.5. The first-order valence-electron chi connectivity index (χ1n) is 20.0. The maximum Gasteiger partial charge on any atom is 0.452 e. The van der Waals surface area contributed by atoms with Crippen LogP contribution in [-0.4, -0.2) is 197 Å². The monoisotopic (exact) mass is 1000 g/mol. The summed E-state index contributed by atoms with van der Waals surface area (Å²) in [5, 5.41) is 98.7. The Bertz CT molecular complexity index is 1840. The maximum absolute atomic E-state index is 13.7. The van der Waals surface area contributed by atoms with E-state index in [9.17, 15) is 60.1 Å². The van der Waals surface area contributed by atoms with Crippen LogP contribution in [0, 0.1) is 5.82 Å². The second kappa shape index (κ2) is 26.6. The van der Waals surface area contributed by atoms with Crippen LogP contribution in [0.1, 0.15) is 47.7 Å². The van der Waals surface area contributed by atoms with E-state index in [0.717, 1.165) is 12.1 Å². The fourth-order valence-corrected chi connectivity index (χ4v) is 6.89. The maximum atomic E-state index is 13.7. The van der Waals surface area contributed by atoms with Crippen LogP contribution in [0.3, 0.4) is 0 Å². The second-order valence-electron chi connectivity index (χ2n) is 15.1. The number of nitrogens with one attached hydrogen (secondary N) is 2. The lowest BCUT2D eigenvalue weighted by Gasteiger charge is -2.42. The lowest BCUT2D eigenvalue weighted by atomic mass is 10.0. The van der Waals surface area contributed by atoms with E-state index < -0.39 is 135 Å². The smallest absolute Gasteiger partial charge is 0.394 e. The third kappa shape index (κ3) is 18.2. The highest BCUT2D eigenvalue weighted by atomic mass is 31.2. The van der Waals surface area contributed by atoms with Crippen molar-refractivity contribution in [3.8, 4) is 0 Å². The Morgan fingerprint density at radius 3 is 1.63 bits per heavy atom. The Kier molecular flexibility index (Phi) is 23.7. The Morgan fingerprint density at radius 1 is 0.791 bits per heavy atom. The first-order chi connectivity index (χ1) is 31.0. The van der Waals surface area contributed by atoms with E-state index in [-0.39, 0.29) is 49.3 Å². The average molecular weight is 1000 g/mol. The molecular formula is C38H57F7N5O16P. The molecule has 1 fully saturated rings. The summed E-state index contributed by atoms with van der Waals surface area (Å²) in [7, 11) is -1.86. The number of carbonyl (C=O) groups is 1. The Hall–Kier alpha value is -3.36. The normalized spacial score (nSPS) is 21.4. The molecule has 0 spiro atoms. The molecule has 1 amide bonds. The van der Waals surface area contributed by atoms with E-state index in [1.165, 1.54) is 19.1 Å². The molecule has 21 nitrogen and oxygen atoms in total. The number of nitrogens with zero attached hydrogens (tertiary/aromatic N) is 3. The van der Waals surface area contributed by atoms with Gasteiger partial charge in [-0.2, -0.15) is 31.4 Å². The van der Waals surface area contributed by atoms with Crippen LogP contribution >= 0.6 is 7.75 Å². The van der Waals surface area contributed by atoms with Crippen molar-refractivity contribution in [2.75, 3.05) is 60.1 Å². The number of hydrogen-bond donors (Lipinski definition) is 14. The number of likely N-dealkylation sites (N-methyl/N-ethyl adjacent to an activating group) is 2. The Balaban J connectivity index is 0.000000484. The zero-order valence-corrected chi connectivity index (χ0v) is 36.9. The molecule has 2 aliphatic heterocycles. The fraction of sp³-hybridized carbons (Fsp3) is 0.632. The Labute approximate surface area is 378 Å². The number of amides is 1. The highest BCUT2D eigenvalue weighted by Crippen LogP contribution is 2.44. The van der Waals surface area contributed by atoms with E-state index in [2.05, 4.69) is 15.7 Å². The van der Waals surface area contributed by atoms with Crippen LogP contribution in [0.25, 0.3) is 0 Å². The van der Waals surface area contributed by atoms with Gasteiger partial charge in [-0.25, -0.2) is 8.96 Å². The van der Waals surface area contributed by atoms with Crippen molar-refractivity contribution in [3.05, 3.63) is 70.5 Å². The van der Waals surface area contributed by atoms with Crippen molar-refractivity contribution in [3.63, 3.8) is 0 Å². The summed E-state index contributed by atoms with van der Waals surface area (Å²) in [6, 6.07) is 5.15. The number of alkyl halides is 6. The van der Waals surface area contributed by atoms with Gasteiger partial charge in [0.15, 0.2) is 6.29 Å². The van der Waals surface area contributed by atoms with Gasteiger partial charge in [0, 0.05) is 26.2 Å². The second-order valence-corrected chi connectivity index (χ2v) is 16.5. The number of carbonyl (C=O) groups excluding carboxylic acids is 1. The predicted octanol–water partition coefficient (Wildman–Crippen LogP) is -1.70. The SMILES string of the molecule is CNC[C@H](O)[C@@H](O)[C@H](O)[C@H](O)CO.CNC[C@H](O)[C@@H](O)[C@H](O)[C@H](O)CO.C[C@@H](O[C@H]1OCCN(CC2=NN(P(=O)(O)O)C(=O)C2)[C@H]1c1ccc(F)cc1)c1cc(C(F)(F)F)cc(C(F)(F)F)c1. The van der Waals surface area contributed by atoms with Crippen molar-refractivity contribution in [1.29, 1.82) is 0 Å². The lowest BCUT2D eigenvalue weighted by Crippen LogP contribution is -2.48. The number of rotatable bonds is 19. The Morgan fingerprint density at radius 2 is 1.24 bits per heavy atom. The van der Waals surface area contributed by atoms with Gasteiger partial charge < -0.3 is 81.0 Å². The topological polar surface area (TPSA) is 338 Å². The third-order valence-electron chi connectivity index (χ3n) is 9.87. The molecule has 0 unspecified atom stereocenters. The van der Waals surface area contributed by atoms with Crippen LogP contribution in [0.2, 0.25) is 0 Å². The van der Waals surface area contributed by atoms with Gasteiger partial charge in [0.25, 0.3) is 5.91 Å². The number of aliphatic hydroxyl groups is 10. The first kappa shape index (κ1) is 59.8. The quantitative estimate of drug-likeness (QED) is 0.0551. The molecule has 1 saturated heterocycles. The van der Waals surface area contributed by atoms with E-state index in [1.807, 2.05) is 0 Å². The van der Waals surface area contributed by atoms with Crippen molar-refractivity contribution in [2.45, 2.75) is 93.0 Å². The number of halogens is 7. The van der Waals surface area contributed by atoms with Gasteiger partial charge in [0.2, 0.25) is 0 Å². The molecule has 0 aliphatic carbocycles. The lowest BCUT2D eigenvalue weighted by molar-refractivity contribution is -0.227. The minimum atomic E-state index is -5.06. The molecular weight excluding hydrogens is 946 g/mol. The average Bonchev–Trinajstić information content (AvgIpc) is 3.65. The summed E-state index contributed by atoms with van der Waals surface area (Å²) >= 11 is 0. The van der Waals surface area contributed by atoms with Crippen molar-refractivity contribution in [1.82, 2.24) is 20.3 Å². The minimum absolute atomic E-state index is 0.000912. The summed E-state index contributed by atoms with van der Waals surface area (Å²) in [6.45, 7) is 0.0960. The van der Waals surface area contributed by atoms with Crippen molar-refractivity contribution >= 4 is 19.4 Å². The van der Waals surface area contributed by atoms with Crippen LogP contribution in [0.4, 0.5) is 30.7 Å². The molecule has 2 aliphatic rings. The van der Waals surface area contributed by atoms with Crippen LogP contribution < -0.4 is 10.6 Å². The van der Waals surface area contributed by atoms with Crippen LogP contribution in [-0.2, 0) is 31.2 Å². The van der Waals surface area contributed by atoms with Crippen LogP contribution in [0.15, 0.2) is 47.6 Å². The number of morpholine rings is 1. The highest BCUT2D eigenvalue weighted by molar-refractivity contribution is 7.49. The number of benzene rings is 2. The zero-order valence-electron chi connectivity index (χ0n) is 36.0. The molecule has 0 saturated carbocycles. The molecule has 2 heterocycles. The van der Waals surface area contributed by atoms with Gasteiger partial charge in [-0.15, -0.1) is 4.78 Å². The summed E-state index contributed by atoms with van der Waals surface area (Å²) in [4.78, 5) is 32.4. The molecule has 11 atom stereocenters. The molecule has 0 aromatic heterocycles. The van der Waals surface area contributed by atoms with E-state index in [4.69, 9.17) is 50.3 Å².